The second-order valence-electron chi connectivity index (χ2n) is 3.84. The number of rotatable bonds is 5. The van der Waals surface area contributed by atoms with Crippen LogP contribution in [0.3, 0.4) is 0 Å². The number of carbonyl (C=O) groups excluding carboxylic acids is 1. The molecule has 0 atom stereocenters. The highest BCUT2D eigenvalue weighted by molar-refractivity contribution is 7.98. The zero-order chi connectivity index (χ0) is 13.7. The Morgan fingerprint density at radius 1 is 1.42 bits per heavy atom. The quantitative estimate of drug-likeness (QED) is 0.849. The first-order chi connectivity index (χ1) is 9.24. The number of thioether (sulfide) groups is 1. The molecular formula is C13H15N3O2S. The van der Waals surface area contributed by atoms with Crippen molar-refractivity contribution >= 4 is 17.7 Å². The molecule has 0 saturated heterocycles. The van der Waals surface area contributed by atoms with E-state index in [0.717, 1.165) is 4.90 Å². The molecule has 0 aliphatic rings. The second-order valence-corrected chi connectivity index (χ2v) is 4.69. The van der Waals surface area contributed by atoms with Crippen molar-refractivity contribution in [2.75, 3.05) is 6.26 Å². The molecule has 1 heterocycles. The van der Waals surface area contributed by atoms with Gasteiger partial charge in [-0.05, 0) is 18.4 Å². The van der Waals surface area contributed by atoms with Crippen molar-refractivity contribution in [3.63, 3.8) is 0 Å². The van der Waals surface area contributed by atoms with Gasteiger partial charge in [0.1, 0.15) is 0 Å². The van der Waals surface area contributed by atoms with Gasteiger partial charge >= 0.3 is 0 Å². The molecule has 1 amide bonds. The van der Waals surface area contributed by atoms with Gasteiger partial charge < -0.3 is 9.84 Å². The van der Waals surface area contributed by atoms with Crippen LogP contribution in [0.5, 0.6) is 0 Å². The number of aryl methyl sites for hydroxylation is 1. The summed E-state index contributed by atoms with van der Waals surface area (Å²) in [7, 11) is 0. The van der Waals surface area contributed by atoms with E-state index < -0.39 is 0 Å². The molecule has 19 heavy (non-hydrogen) atoms. The van der Waals surface area contributed by atoms with Crippen molar-refractivity contribution in [3.05, 3.63) is 41.5 Å². The lowest BCUT2D eigenvalue weighted by molar-refractivity contribution is 0.0943. The van der Waals surface area contributed by atoms with E-state index in [0.29, 0.717) is 23.7 Å². The van der Waals surface area contributed by atoms with Crippen LogP contribution in [-0.4, -0.2) is 22.3 Å². The Hall–Kier alpha value is -1.82. The van der Waals surface area contributed by atoms with Crippen LogP contribution in [0.4, 0.5) is 0 Å². The lowest BCUT2D eigenvalue weighted by Gasteiger charge is -2.06. The lowest BCUT2D eigenvalue weighted by Crippen LogP contribution is -2.23. The minimum absolute atomic E-state index is 0.138. The standard InChI is InChI=1S/C13H15N3O2S/c1-3-11-15-12(18-16-11)8-14-13(17)9-6-4-5-7-10(9)19-2/h4-7H,3,8H2,1-2H3,(H,14,17). The first kappa shape index (κ1) is 13.6. The molecule has 0 aliphatic heterocycles. The van der Waals surface area contributed by atoms with Crippen LogP contribution in [0.1, 0.15) is 29.0 Å². The van der Waals surface area contributed by atoms with Gasteiger partial charge in [0.25, 0.3) is 5.91 Å². The molecule has 0 bridgehead atoms. The normalized spacial score (nSPS) is 10.4. The third-order valence-corrected chi connectivity index (χ3v) is 3.37. The van der Waals surface area contributed by atoms with Gasteiger partial charge in [0.05, 0.1) is 12.1 Å². The number of aromatic nitrogens is 2. The van der Waals surface area contributed by atoms with Gasteiger partial charge in [0.15, 0.2) is 5.82 Å². The molecule has 0 spiro atoms. The van der Waals surface area contributed by atoms with Crippen molar-refractivity contribution in [1.29, 1.82) is 0 Å². The summed E-state index contributed by atoms with van der Waals surface area (Å²) in [5.74, 6) is 0.932. The first-order valence-electron chi connectivity index (χ1n) is 5.97. The monoisotopic (exact) mass is 277 g/mol. The Morgan fingerprint density at radius 3 is 2.89 bits per heavy atom. The zero-order valence-electron chi connectivity index (χ0n) is 10.8. The smallest absolute Gasteiger partial charge is 0.252 e. The Kier molecular flexibility index (Phi) is 4.57. The molecule has 2 rings (SSSR count). The maximum Gasteiger partial charge on any atom is 0.252 e. The topological polar surface area (TPSA) is 68.0 Å². The fraction of sp³-hybridized carbons (Fsp3) is 0.308. The van der Waals surface area contributed by atoms with Crippen LogP contribution in [0.2, 0.25) is 0 Å². The number of nitrogens with zero attached hydrogens (tertiary/aromatic N) is 2. The number of nitrogens with one attached hydrogen (secondary N) is 1. The summed E-state index contributed by atoms with van der Waals surface area (Å²) in [4.78, 5) is 17.1. The maximum atomic E-state index is 12.1. The predicted molar refractivity (Wildman–Crippen MR) is 73.1 cm³/mol. The summed E-state index contributed by atoms with van der Waals surface area (Å²) in [5.41, 5.74) is 0.658. The third-order valence-electron chi connectivity index (χ3n) is 2.58. The van der Waals surface area contributed by atoms with Gasteiger partial charge in [-0.2, -0.15) is 4.98 Å². The molecule has 1 aromatic carbocycles. The van der Waals surface area contributed by atoms with Crippen molar-refractivity contribution in [3.8, 4) is 0 Å². The Morgan fingerprint density at radius 2 is 2.21 bits per heavy atom. The number of amides is 1. The molecule has 0 saturated carbocycles. The van der Waals surface area contributed by atoms with E-state index in [9.17, 15) is 4.79 Å². The summed E-state index contributed by atoms with van der Waals surface area (Å²) in [5, 5.41) is 6.56. The number of benzene rings is 1. The van der Waals surface area contributed by atoms with E-state index in [-0.39, 0.29) is 12.5 Å². The van der Waals surface area contributed by atoms with E-state index in [1.807, 2.05) is 31.4 Å². The Bertz CT molecular complexity index is 569. The average molecular weight is 277 g/mol. The first-order valence-corrected chi connectivity index (χ1v) is 7.19. The molecule has 5 nitrogen and oxygen atoms in total. The number of hydrogen-bond acceptors (Lipinski definition) is 5. The van der Waals surface area contributed by atoms with E-state index in [1.165, 1.54) is 0 Å². The molecule has 6 heteroatoms. The van der Waals surface area contributed by atoms with Crippen molar-refractivity contribution in [1.82, 2.24) is 15.5 Å². The summed E-state index contributed by atoms with van der Waals surface area (Å²) in [6.07, 6.45) is 2.66. The molecule has 0 aliphatic carbocycles. The van der Waals surface area contributed by atoms with Gasteiger partial charge in [-0.1, -0.05) is 24.2 Å². The van der Waals surface area contributed by atoms with Crippen LogP contribution in [0.15, 0.2) is 33.7 Å². The highest BCUT2D eigenvalue weighted by Crippen LogP contribution is 2.19. The molecule has 0 unspecified atom stereocenters. The molecule has 1 N–H and O–H groups in total. The van der Waals surface area contributed by atoms with Crippen LogP contribution >= 0.6 is 11.8 Å². The van der Waals surface area contributed by atoms with E-state index in [2.05, 4.69) is 15.5 Å². The van der Waals surface area contributed by atoms with Crippen molar-refractivity contribution in [2.45, 2.75) is 24.8 Å². The van der Waals surface area contributed by atoms with Gasteiger partial charge in [-0.15, -0.1) is 11.8 Å². The Labute approximate surface area is 115 Å². The van der Waals surface area contributed by atoms with Gasteiger partial charge in [-0.3, -0.25) is 4.79 Å². The number of carbonyl (C=O) groups is 1. The minimum atomic E-state index is -0.138. The Balaban J connectivity index is 2.01. The maximum absolute atomic E-state index is 12.1. The molecular weight excluding hydrogens is 262 g/mol. The van der Waals surface area contributed by atoms with Gasteiger partial charge in [0, 0.05) is 11.3 Å². The van der Waals surface area contributed by atoms with Crippen LogP contribution in [0.25, 0.3) is 0 Å². The summed E-state index contributed by atoms with van der Waals surface area (Å²) >= 11 is 1.54. The van der Waals surface area contributed by atoms with E-state index >= 15 is 0 Å². The molecule has 1 aromatic heterocycles. The van der Waals surface area contributed by atoms with Crippen LogP contribution in [0, 0.1) is 0 Å². The summed E-state index contributed by atoms with van der Waals surface area (Å²) < 4.78 is 5.02. The minimum Gasteiger partial charge on any atom is -0.343 e. The molecule has 0 radical (unpaired) electrons. The lowest BCUT2D eigenvalue weighted by atomic mass is 10.2. The fourth-order valence-electron chi connectivity index (χ4n) is 1.59. The highest BCUT2D eigenvalue weighted by atomic mass is 32.2. The molecule has 0 fully saturated rings. The molecule has 2 aromatic rings. The zero-order valence-corrected chi connectivity index (χ0v) is 11.7. The van der Waals surface area contributed by atoms with Gasteiger partial charge in [0.2, 0.25) is 5.89 Å². The van der Waals surface area contributed by atoms with Crippen molar-refractivity contribution in [2.24, 2.45) is 0 Å². The third kappa shape index (κ3) is 3.35. The predicted octanol–water partition coefficient (Wildman–Crippen LogP) is 2.28. The summed E-state index contributed by atoms with van der Waals surface area (Å²) in [6, 6.07) is 7.47. The van der Waals surface area contributed by atoms with Gasteiger partial charge in [-0.25, -0.2) is 0 Å². The highest BCUT2D eigenvalue weighted by Gasteiger charge is 2.11. The average Bonchev–Trinajstić information content (AvgIpc) is 2.92. The van der Waals surface area contributed by atoms with Crippen LogP contribution in [-0.2, 0) is 13.0 Å². The number of hydrogen-bond donors (Lipinski definition) is 1. The summed E-state index contributed by atoms with van der Waals surface area (Å²) in [6.45, 7) is 2.19. The molecule has 100 valence electrons. The fourth-order valence-corrected chi connectivity index (χ4v) is 2.18. The van der Waals surface area contributed by atoms with E-state index in [4.69, 9.17) is 4.52 Å². The second kappa shape index (κ2) is 6.38. The SMILES string of the molecule is CCc1noc(CNC(=O)c2ccccc2SC)n1. The largest absolute Gasteiger partial charge is 0.343 e. The van der Waals surface area contributed by atoms with Crippen molar-refractivity contribution < 1.29 is 9.32 Å². The van der Waals surface area contributed by atoms with Crippen LogP contribution < -0.4 is 5.32 Å². The van der Waals surface area contributed by atoms with E-state index in [1.54, 1.807) is 17.8 Å².